The summed E-state index contributed by atoms with van der Waals surface area (Å²) in [5.74, 6) is 0. The molecule has 0 saturated heterocycles. The van der Waals surface area contributed by atoms with Crippen molar-refractivity contribution in [3.63, 3.8) is 0 Å². The Morgan fingerprint density at radius 2 is 2.08 bits per heavy atom. The van der Waals surface area contributed by atoms with Crippen LogP contribution < -0.4 is 5.73 Å². The molecule has 0 heterocycles. The highest BCUT2D eigenvalue weighted by molar-refractivity contribution is 5.85. The van der Waals surface area contributed by atoms with E-state index in [0.29, 0.717) is 5.56 Å². The molecule has 1 atom stereocenters. The average Bonchev–Trinajstić information content (AvgIpc) is 2.04. The maximum absolute atomic E-state index is 8.73. The highest BCUT2D eigenvalue weighted by atomic mass is 35.5. The predicted octanol–water partition coefficient (Wildman–Crippen LogP) is 2.31. The molecule has 13 heavy (non-hydrogen) atoms. The number of nitriles is 1. The standard InChI is InChI=1S/C10H12N2.ClH/c1-7-9(6-11)4-3-5-10(7)8(2)12;/h3-5,8H,12H2,1-2H3;1H. The van der Waals surface area contributed by atoms with Crippen molar-refractivity contribution in [3.8, 4) is 6.07 Å². The van der Waals surface area contributed by atoms with E-state index in [9.17, 15) is 0 Å². The van der Waals surface area contributed by atoms with Crippen LogP contribution in [0, 0.1) is 18.3 Å². The van der Waals surface area contributed by atoms with Crippen molar-refractivity contribution in [1.29, 1.82) is 5.26 Å². The second-order valence-corrected chi connectivity index (χ2v) is 2.92. The first-order chi connectivity index (χ1) is 5.66. The summed E-state index contributed by atoms with van der Waals surface area (Å²) in [4.78, 5) is 0. The van der Waals surface area contributed by atoms with Crippen LogP contribution in [0.5, 0.6) is 0 Å². The molecule has 0 aromatic heterocycles. The van der Waals surface area contributed by atoms with Crippen LogP contribution in [0.4, 0.5) is 0 Å². The number of hydrogen-bond donors (Lipinski definition) is 1. The van der Waals surface area contributed by atoms with Crippen molar-refractivity contribution in [2.45, 2.75) is 19.9 Å². The smallest absolute Gasteiger partial charge is 0.0994 e. The Morgan fingerprint density at radius 3 is 2.54 bits per heavy atom. The first-order valence-electron chi connectivity index (χ1n) is 3.92. The number of rotatable bonds is 1. The van der Waals surface area contributed by atoms with Gasteiger partial charge in [-0.25, -0.2) is 0 Å². The molecule has 0 fully saturated rings. The molecule has 0 aliphatic heterocycles. The van der Waals surface area contributed by atoms with Crippen molar-refractivity contribution < 1.29 is 0 Å². The fourth-order valence-corrected chi connectivity index (χ4v) is 1.27. The molecule has 1 unspecified atom stereocenters. The van der Waals surface area contributed by atoms with Gasteiger partial charge in [-0.15, -0.1) is 12.4 Å². The maximum Gasteiger partial charge on any atom is 0.0994 e. The average molecular weight is 197 g/mol. The second kappa shape index (κ2) is 4.86. The molecule has 0 saturated carbocycles. The van der Waals surface area contributed by atoms with E-state index >= 15 is 0 Å². The third-order valence-corrected chi connectivity index (χ3v) is 1.99. The zero-order valence-corrected chi connectivity index (χ0v) is 8.56. The molecular formula is C10H13ClN2. The predicted molar refractivity (Wildman–Crippen MR) is 55.7 cm³/mol. The highest BCUT2D eigenvalue weighted by Crippen LogP contribution is 2.17. The van der Waals surface area contributed by atoms with E-state index in [1.165, 1.54) is 0 Å². The minimum absolute atomic E-state index is 0. The summed E-state index contributed by atoms with van der Waals surface area (Å²) in [5.41, 5.74) is 8.49. The Morgan fingerprint density at radius 1 is 1.46 bits per heavy atom. The Hall–Kier alpha value is -1.04. The summed E-state index contributed by atoms with van der Waals surface area (Å²) in [6.45, 7) is 3.85. The summed E-state index contributed by atoms with van der Waals surface area (Å²) >= 11 is 0. The molecule has 0 bridgehead atoms. The van der Waals surface area contributed by atoms with E-state index in [4.69, 9.17) is 11.0 Å². The van der Waals surface area contributed by atoms with Crippen LogP contribution in [0.15, 0.2) is 18.2 Å². The van der Waals surface area contributed by atoms with Crippen molar-refractivity contribution in [2.24, 2.45) is 5.73 Å². The summed E-state index contributed by atoms with van der Waals surface area (Å²) in [6, 6.07) is 7.76. The van der Waals surface area contributed by atoms with Gasteiger partial charge in [-0.3, -0.25) is 0 Å². The number of benzene rings is 1. The second-order valence-electron chi connectivity index (χ2n) is 2.92. The fourth-order valence-electron chi connectivity index (χ4n) is 1.27. The van der Waals surface area contributed by atoms with E-state index in [2.05, 4.69) is 6.07 Å². The molecule has 0 radical (unpaired) electrons. The SMILES string of the molecule is Cc1c(C#N)cccc1C(C)N.Cl. The van der Waals surface area contributed by atoms with Gasteiger partial charge in [0.2, 0.25) is 0 Å². The zero-order valence-electron chi connectivity index (χ0n) is 7.74. The first kappa shape index (κ1) is 12.0. The van der Waals surface area contributed by atoms with Gasteiger partial charge in [-0.2, -0.15) is 5.26 Å². The fraction of sp³-hybridized carbons (Fsp3) is 0.300. The molecule has 0 spiro atoms. The van der Waals surface area contributed by atoms with Crippen molar-refractivity contribution in [1.82, 2.24) is 0 Å². The lowest BCUT2D eigenvalue weighted by molar-refractivity contribution is 0.809. The molecule has 2 nitrogen and oxygen atoms in total. The van der Waals surface area contributed by atoms with Crippen LogP contribution >= 0.6 is 12.4 Å². The van der Waals surface area contributed by atoms with E-state index in [0.717, 1.165) is 11.1 Å². The van der Waals surface area contributed by atoms with Gasteiger partial charge in [-0.1, -0.05) is 12.1 Å². The maximum atomic E-state index is 8.73. The molecule has 2 N–H and O–H groups in total. The van der Waals surface area contributed by atoms with Crippen LogP contribution in [0.3, 0.4) is 0 Å². The first-order valence-corrected chi connectivity index (χ1v) is 3.92. The van der Waals surface area contributed by atoms with Crippen molar-refractivity contribution in [3.05, 3.63) is 34.9 Å². The Bertz CT molecular complexity index is 326. The van der Waals surface area contributed by atoms with Gasteiger partial charge in [-0.05, 0) is 31.0 Å². The Balaban J connectivity index is 0.00000144. The van der Waals surface area contributed by atoms with Gasteiger partial charge in [0.15, 0.2) is 0 Å². The molecular weight excluding hydrogens is 184 g/mol. The Kier molecular flexibility index (Phi) is 4.47. The summed E-state index contributed by atoms with van der Waals surface area (Å²) < 4.78 is 0. The number of halogens is 1. The topological polar surface area (TPSA) is 49.8 Å². The molecule has 0 amide bonds. The highest BCUT2D eigenvalue weighted by Gasteiger charge is 2.05. The van der Waals surface area contributed by atoms with Gasteiger partial charge in [0.05, 0.1) is 11.6 Å². The van der Waals surface area contributed by atoms with Crippen LogP contribution in [-0.4, -0.2) is 0 Å². The van der Waals surface area contributed by atoms with Gasteiger partial charge >= 0.3 is 0 Å². The lowest BCUT2D eigenvalue weighted by atomic mass is 9.99. The van der Waals surface area contributed by atoms with Gasteiger partial charge in [0.1, 0.15) is 0 Å². The largest absolute Gasteiger partial charge is 0.324 e. The summed E-state index contributed by atoms with van der Waals surface area (Å²) in [6.07, 6.45) is 0. The van der Waals surface area contributed by atoms with Crippen molar-refractivity contribution in [2.75, 3.05) is 0 Å². The van der Waals surface area contributed by atoms with Gasteiger partial charge in [0.25, 0.3) is 0 Å². The quantitative estimate of drug-likeness (QED) is 0.750. The monoisotopic (exact) mass is 196 g/mol. The van der Waals surface area contributed by atoms with Gasteiger partial charge in [0, 0.05) is 6.04 Å². The zero-order chi connectivity index (χ0) is 9.14. The molecule has 1 rings (SSSR count). The normalized spacial score (nSPS) is 11.2. The van der Waals surface area contributed by atoms with Gasteiger partial charge < -0.3 is 5.73 Å². The van der Waals surface area contributed by atoms with E-state index in [1.54, 1.807) is 6.07 Å². The minimum atomic E-state index is -0.00157. The lowest BCUT2D eigenvalue weighted by Gasteiger charge is -2.09. The van der Waals surface area contributed by atoms with Crippen LogP contribution in [0.2, 0.25) is 0 Å². The van der Waals surface area contributed by atoms with Crippen molar-refractivity contribution >= 4 is 12.4 Å². The molecule has 0 aliphatic rings. The van der Waals surface area contributed by atoms with E-state index in [-0.39, 0.29) is 18.4 Å². The number of nitrogens with zero attached hydrogens (tertiary/aromatic N) is 1. The third kappa shape index (κ3) is 2.45. The van der Waals surface area contributed by atoms with Crippen LogP contribution in [0.1, 0.15) is 29.7 Å². The third-order valence-electron chi connectivity index (χ3n) is 1.99. The van der Waals surface area contributed by atoms with Crippen LogP contribution in [0.25, 0.3) is 0 Å². The lowest BCUT2D eigenvalue weighted by Crippen LogP contribution is -2.07. The molecule has 1 aromatic carbocycles. The Labute approximate surface area is 84.8 Å². The van der Waals surface area contributed by atoms with E-state index < -0.39 is 0 Å². The van der Waals surface area contributed by atoms with Crippen LogP contribution in [-0.2, 0) is 0 Å². The van der Waals surface area contributed by atoms with E-state index in [1.807, 2.05) is 26.0 Å². The number of nitrogens with two attached hydrogens (primary N) is 1. The number of hydrogen-bond acceptors (Lipinski definition) is 2. The molecule has 1 aromatic rings. The summed E-state index contributed by atoms with van der Waals surface area (Å²) in [5, 5.41) is 8.73. The minimum Gasteiger partial charge on any atom is -0.324 e. The summed E-state index contributed by atoms with van der Waals surface area (Å²) in [7, 11) is 0. The molecule has 3 heteroatoms. The molecule has 70 valence electrons. The molecule has 0 aliphatic carbocycles.